The van der Waals surface area contributed by atoms with Crippen LogP contribution >= 0.6 is 0 Å². The van der Waals surface area contributed by atoms with E-state index in [9.17, 15) is 22.0 Å². The molecule has 0 fully saturated rings. The topological polar surface area (TPSA) is 0 Å². The summed E-state index contributed by atoms with van der Waals surface area (Å²) in [5.74, 6) is -7.95. The minimum Gasteiger partial charge on any atom is -0.204 e. The Morgan fingerprint density at radius 2 is 1.47 bits per heavy atom. The molecule has 0 radical (unpaired) electrons. The molecule has 1 aliphatic heterocycles. The van der Waals surface area contributed by atoms with Gasteiger partial charge in [0.05, 0.1) is 0 Å². The Balaban J connectivity index is 2.48. The lowest BCUT2D eigenvalue weighted by Crippen LogP contribution is -2.37. The quantitative estimate of drug-likeness (QED) is 0.334. The van der Waals surface area contributed by atoms with Crippen molar-refractivity contribution >= 4 is 12.2 Å². The first kappa shape index (κ1) is 13.8. The zero-order valence-electron chi connectivity index (χ0n) is 10.1. The van der Waals surface area contributed by atoms with Gasteiger partial charge in [0.1, 0.15) is 0 Å². The molecule has 0 aliphatic carbocycles. The van der Waals surface area contributed by atoms with Crippen molar-refractivity contribution in [3.63, 3.8) is 0 Å². The Morgan fingerprint density at radius 1 is 0.947 bits per heavy atom. The normalized spacial score (nSPS) is 14.8. The first-order valence-electron chi connectivity index (χ1n) is 5.85. The molecule has 1 heterocycles. The number of hydrogen-bond acceptors (Lipinski definition) is 0. The zero-order chi connectivity index (χ0) is 14.2. The van der Waals surface area contributed by atoms with Crippen LogP contribution in [0.2, 0.25) is 6.32 Å². The first-order valence-corrected chi connectivity index (χ1v) is 5.85. The van der Waals surface area contributed by atoms with Crippen molar-refractivity contribution in [3.05, 3.63) is 52.8 Å². The molecule has 0 aromatic heterocycles. The molecule has 0 amide bonds. The van der Waals surface area contributed by atoms with Crippen LogP contribution < -0.4 is 5.46 Å². The van der Waals surface area contributed by atoms with Crippen LogP contribution in [0.1, 0.15) is 13.3 Å². The molecule has 0 unspecified atom stereocenters. The lowest BCUT2D eigenvalue weighted by atomic mass is 9.41. The highest BCUT2D eigenvalue weighted by Crippen LogP contribution is 2.20. The summed E-state index contributed by atoms with van der Waals surface area (Å²) in [5, 5.41) is 0. The highest BCUT2D eigenvalue weighted by molar-refractivity contribution is 6.78. The van der Waals surface area contributed by atoms with Gasteiger partial charge in [-0.05, 0) is 12.7 Å². The average molecular weight is 272 g/mol. The minimum absolute atomic E-state index is 0.220. The summed E-state index contributed by atoms with van der Waals surface area (Å²) in [6, 6.07) is 0. The number of benzene rings is 1. The largest absolute Gasteiger partial charge is 0.212 e. The predicted octanol–water partition coefficient (Wildman–Crippen LogP) is 3.53. The summed E-state index contributed by atoms with van der Waals surface area (Å²) in [6.07, 6.45) is 4.35. The van der Waals surface area contributed by atoms with Crippen LogP contribution in [0.15, 0.2) is 23.7 Å². The van der Waals surface area contributed by atoms with Gasteiger partial charge < -0.3 is 0 Å². The maximum Gasteiger partial charge on any atom is 0.212 e. The molecule has 0 bridgehead atoms. The van der Waals surface area contributed by atoms with Gasteiger partial charge in [-0.25, -0.2) is 22.0 Å². The van der Waals surface area contributed by atoms with Crippen LogP contribution in [0.25, 0.3) is 0 Å². The Morgan fingerprint density at radius 3 is 1.89 bits per heavy atom. The zero-order valence-corrected chi connectivity index (χ0v) is 10.1. The van der Waals surface area contributed by atoms with E-state index in [-0.39, 0.29) is 6.32 Å². The van der Waals surface area contributed by atoms with Gasteiger partial charge in [0.25, 0.3) is 0 Å². The minimum atomic E-state index is -2.12. The van der Waals surface area contributed by atoms with Gasteiger partial charge in [0.2, 0.25) is 6.71 Å². The summed E-state index contributed by atoms with van der Waals surface area (Å²) in [5.41, 5.74) is 0.208. The number of hydrogen-bond donors (Lipinski definition) is 0. The second-order valence-corrected chi connectivity index (χ2v) is 4.32. The summed E-state index contributed by atoms with van der Waals surface area (Å²) in [4.78, 5) is 0. The molecule has 1 aromatic rings. The van der Waals surface area contributed by atoms with Gasteiger partial charge in [-0.1, -0.05) is 24.6 Å². The molecule has 19 heavy (non-hydrogen) atoms. The van der Waals surface area contributed by atoms with E-state index in [4.69, 9.17) is 0 Å². The van der Waals surface area contributed by atoms with Gasteiger partial charge in [0, 0.05) is 5.46 Å². The second-order valence-electron chi connectivity index (χ2n) is 4.32. The molecule has 6 heteroatoms. The average Bonchev–Trinajstić information content (AvgIpc) is 2.44. The molecule has 2 rings (SSSR count). The Hall–Kier alpha value is -1.59. The van der Waals surface area contributed by atoms with Gasteiger partial charge in [-0.15, -0.1) is 5.98 Å². The standard InChI is InChI=1S/C13H10BF5/c1-2-7-3-5-14(6-4-7)8-9(15)11(17)13(19)12(18)10(8)16/h3-5H,2,6H2,1H3. The maximum absolute atomic E-state index is 13.6. The number of halogens is 5. The van der Waals surface area contributed by atoms with Crippen LogP contribution in [0, 0.1) is 29.1 Å². The molecule has 0 atom stereocenters. The lowest BCUT2D eigenvalue weighted by molar-refractivity contribution is 0.384. The van der Waals surface area contributed by atoms with Gasteiger partial charge in [-0.3, -0.25) is 0 Å². The van der Waals surface area contributed by atoms with Crippen molar-refractivity contribution in [2.24, 2.45) is 0 Å². The second kappa shape index (κ2) is 5.19. The summed E-state index contributed by atoms with van der Waals surface area (Å²) in [7, 11) is 0. The van der Waals surface area contributed by atoms with E-state index >= 15 is 0 Å². The number of allylic oxidation sites excluding steroid dienone is 3. The van der Waals surface area contributed by atoms with Crippen LogP contribution in [-0.4, -0.2) is 6.71 Å². The maximum atomic E-state index is 13.6. The van der Waals surface area contributed by atoms with Crippen molar-refractivity contribution in [2.45, 2.75) is 19.7 Å². The fourth-order valence-electron chi connectivity index (χ4n) is 2.09. The summed E-state index contributed by atoms with van der Waals surface area (Å²) < 4.78 is 66.3. The fourth-order valence-corrected chi connectivity index (χ4v) is 2.09. The Labute approximate surface area is 107 Å². The van der Waals surface area contributed by atoms with E-state index in [1.807, 2.05) is 6.92 Å². The van der Waals surface area contributed by atoms with Crippen molar-refractivity contribution in [1.82, 2.24) is 0 Å². The van der Waals surface area contributed by atoms with Crippen molar-refractivity contribution in [2.75, 3.05) is 0 Å². The molecule has 0 N–H and O–H groups in total. The van der Waals surface area contributed by atoms with Crippen LogP contribution in [0.3, 0.4) is 0 Å². The third-order valence-corrected chi connectivity index (χ3v) is 3.20. The van der Waals surface area contributed by atoms with E-state index in [0.717, 1.165) is 12.0 Å². The SMILES string of the molecule is CCC1=CCB(c2c(F)c(F)c(F)c(F)c2F)C=C1. The van der Waals surface area contributed by atoms with Crippen molar-refractivity contribution < 1.29 is 22.0 Å². The predicted molar refractivity (Wildman–Crippen MR) is 63.9 cm³/mol. The van der Waals surface area contributed by atoms with E-state index < -0.39 is 41.3 Å². The monoisotopic (exact) mass is 272 g/mol. The van der Waals surface area contributed by atoms with E-state index in [2.05, 4.69) is 0 Å². The highest BCUT2D eigenvalue weighted by atomic mass is 19.2. The van der Waals surface area contributed by atoms with E-state index in [0.29, 0.717) is 0 Å². The van der Waals surface area contributed by atoms with Gasteiger partial charge >= 0.3 is 0 Å². The van der Waals surface area contributed by atoms with Crippen molar-refractivity contribution in [3.8, 4) is 0 Å². The van der Waals surface area contributed by atoms with Gasteiger partial charge in [0.15, 0.2) is 29.1 Å². The lowest BCUT2D eigenvalue weighted by Gasteiger charge is -2.15. The molecular weight excluding hydrogens is 262 g/mol. The highest BCUT2D eigenvalue weighted by Gasteiger charge is 2.31. The van der Waals surface area contributed by atoms with Crippen molar-refractivity contribution in [1.29, 1.82) is 0 Å². The first-order chi connectivity index (χ1) is 8.97. The Bertz CT molecular complexity index is 548. The molecule has 0 saturated carbocycles. The summed E-state index contributed by atoms with van der Waals surface area (Å²) in [6.45, 7) is 1.08. The summed E-state index contributed by atoms with van der Waals surface area (Å²) >= 11 is 0. The molecule has 100 valence electrons. The fraction of sp³-hybridized carbons (Fsp3) is 0.231. The van der Waals surface area contributed by atoms with Gasteiger partial charge in [-0.2, -0.15) is 0 Å². The van der Waals surface area contributed by atoms with E-state index in [1.54, 1.807) is 12.2 Å². The van der Waals surface area contributed by atoms with Crippen LogP contribution in [-0.2, 0) is 0 Å². The Kier molecular flexibility index (Phi) is 3.78. The van der Waals surface area contributed by atoms with E-state index in [1.165, 1.54) is 5.98 Å². The smallest absolute Gasteiger partial charge is 0.204 e. The molecule has 0 saturated heterocycles. The molecule has 1 aliphatic rings. The molecule has 1 aromatic carbocycles. The third-order valence-electron chi connectivity index (χ3n) is 3.20. The molecular formula is C13H10BF5. The molecule has 0 nitrogen and oxygen atoms in total. The number of rotatable bonds is 2. The van der Waals surface area contributed by atoms with Crippen LogP contribution in [0.5, 0.6) is 0 Å². The molecule has 0 spiro atoms. The van der Waals surface area contributed by atoms with Crippen LogP contribution in [0.4, 0.5) is 22.0 Å². The third kappa shape index (κ3) is 2.31.